The zero-order chi connectivity index (χ0) is 23.9. The smallest absolute Gasteiger partial charge is 0.341 e. The van der Waals surface area contributed by atoms with Gasteiger partial charge in [0.1, 0.15) is 11.5 Å². The molecule has 34 heavy (non-hydrogen) atoms. The van der Waals surface area contributed by atoms with Crippen molar-refractivity contribution in [2.24, 2.45) is 0 Å². The Bertz CT molecular complexity index is 1270. The standard InChI is InChI=1S/C23H19N5O5S/c1-32-18-8-5-9-19(21(18)22-24-26-27-25-22)34-28(16-6-3-2-4-7-16)23(31)15-10-12-17(13-11-15)33-14-20(29)30/h2-13H,14H2,1H3,(H,29,30)(H,24,25,26,27). The Labute approximate surface area is 198 Å². The number of aromatic amines is 1. The van der Waals surface area contributed by atoms with E-state index in [1.807, 2.05) is 42.5 Å². The second kappa shape index (κ2) is 10.5. The third-order valence-corrected chi connectivity index (χ3v) is 5.70. The minimum atomic E-state index is -1.08. The van der Waals surface area contributed by atoms with E-state index < -0.39 is 12.6 Å². The van der Waals surface area contributed by atoms with Gasteiger partial charge in [0, 0.05) is 10.5 Å². The fourth-order valence-corrected chi connectivity index (χ4v) is 4.11. The molecule has 0 aliphatic heterocycles. The largest absolute Gasteiger partial charge is 0.496 e. The van der Waals surface area contributed by atoms with Crippen LogP contribution in [0.4, 0.5) is 5.69 Å². The van der Waals surface area contributed by atoms with Crippen LogP contribution in [0.1, 0.15) is 10.4 Å². The van der Waals surface area contributed by atoms with Crippen molar-refractivity contribution in [2.75, 3.05) is 18.0 Å². The maximum absolute atomic E-state index is 13.6. The molecule has 4 rings (SSSR count). The molecule has 2 N–H and O–H groups in total. The number of tetrazole rings is 1. The number of carbonyl (C=O) groups excluding carboxylic acids is 1. The van der Waals surface area contributed by atoms with Crippen LogP contribution in [0.25, 0.3) is 11.4 Å². The van der Waals surface area contributed by atoms with E-state index in [-0.39, 0.29) is 5.91 Å². The highest BCUT2D eigenvalue weighted by Crippen LogP contribution is 2.40. The number of hydrogen-bond donors (Lipinski definition) is 2. The summed E-state index contributed by atoms with van der Waals surface area (Å²) in [4.78, 5) is 25.0. The average Bonchev–Trinajstić information content (AvgIpc) is 3.41. The van der Waals surface area contributed by atoms with E-state index in [9.17, 15) is 9.59 Å². The van der Waals surface area contributed by atoms with Gasteiger partial charge in [-0.15, -0.1) is 10.2 Å². The van der Waals surface area contributed by atoms with Gasteiger partial charge in [0.2, 0.25) is 5.82 Å². The normalized spacial score (nSPS) is 10.5. The molecule has 1 aromatic heterocycles. The topological polar surface area (TPSA) is 131 Å². The van der Waals surface area contributed by atoms with Gasteiger partial charge < -0.3 is 14.6 Å². The first-order valence-electron chi connectivity index (χ1n) is 9.99. The summed E-state index contributed by atoms with van der Waals surface area (Å²) in [5, 5.41) is 23.0. The van der Waals surface area contributed by atoms with Crippen LogP contribution in [0.2, 0.25) is 0 Å². The lowest BCUT2D eigenvalue weighted by molar-refractivity contribution is -0.139. The minimum absolute atomic E-state index is 0.289. The van der Waals surface area contributed by atoms with Crippen molar-refractivity contribution in [2.45, 2.75) is 4.90 Å². The molecule has 0 saturated heterocycles. The molecule has 1 amide bonds. The fourth-order valence-electron chi connectivity index (χ4n) is 3.07. The van der Waals surface area contributed by atoms with Crippen LogP contribution in [0, 0.1) is 0 Å². The summed E-state index contributed by atoms with van der Waals surface area (Å²) in [6.45, 7) is -0.464. The lowest BCUT2D eigenvalue weighted by Crippen LogP contribution is -2.24. The number of methoxy groups -OCH3 is 1. The Morgan fingerprint density at radius 2 is 1.79 bits per heavy atom. The summed E-state index contributed by atoms with van der Waals surface area (Å²) < 4.78 is 12.2. The van der Waals surface area contributed by atoms with Crippen LogP contribution < -0.4 is 13.8 Å². The molecule has 0 bridgehead atoms. The van der Waals surface area contributed by atoms with Crippen molar-refractivity contribution >= 4 is 29.5 Å². The first kappa shape index (κ1) is 22.8. The number of nitrogens with one attached hydrogen (secondary N) is 1. The Morgan fingerprint density at radius 1 is 1.03 bits per heavy atom. The number of hydrogen-bond acceptors (Lipinski definition) is 8. The van der Waals surface area contributed by atoms with Crippen molar-refractivity contribution in [3.8, 4) is 22.9 Å². The van der Waals surface area contributed by atoms with Gasteiger partial charge in [-0.1, -0.05) is 24.3 Å². The molecule has 0 saturated carbocycles. The lowest BCUT2D eigenvalue weighted by atomic mass is 10.2. The number of amides is 1. The zero-order valence-corrected chi connectivity index (χ0v) is 18.7. The molecule has 0 atom stereocenters. The molecule has 0 aliphatic rings. The number of ether oxygens (including phenoxy) is 2. The summed E-state index contributed by atoms with van der Waals surface area (Å²) >= 11 is 1.19. The number of H-pyrrole nitrogens is 1. The van der Waals surface area contributed by atoms with Crippen LogP contribution in [-0.2, 0) is 4.79 Å². The van der Waals surface area contributed by atoms with E-state index in [2.05, 4.69) is 20.6 Å². The third-order valence-electron chi connectivity index (χ3n) is 4.61. The molecule has 4 aromatic rings. The number of para-hydroxylation sites is 1. The number of aromatic nitrogens is 4. The maximum Gasteiger partial charge on any atom is 0.341 e. The second-order valence-corrected chi connectivity index (χ2v) is 7.79. The summed E-state index contributed by atoms with van der Waals surface area (Å²) in [6, 6.07) is 20.9. The number of carboxylic acid groups (broad SMARTS) is 1. The van der Waals surface area contributed by atoms with E-state index in [0.29, 0.717) is 39.0 Å². The van der Waals surface area contributed by atoms with Crippen molar-refractivity contribution in [1.82, 2.24) is 20.6 Å². The van der Waals surface area contributed by atoms with Gasteiger partial charge in [-0.2, -0.15) is 5.21 Å². The Hall–Kier alpha value is -4.38. The van der Waals surface area contributed by atoms with E-state index in [4.69, 9.17) is 14.6 Å². The molecular weight excluding hydrogens is 458 g/mol. The SMILES string of the molecule is COc1cccc(SN(C(=O)c2ccc(OCC(=O)O)cc2)c2ccccc2)c1-c1nn[nH]n1. The third kappa shape index (κ3) is 5.15. The molecule has 0 spiro atoms. The summed E-state index contributed by atoms with van der Waals surface area (Å²) in [5.41, 5.74) is 1.64. The van der Waals surface area contributed by atoms with Gasteiger partial charge in [-0.25, -0.2) is 9.10 Å². The Balaban J connectivity index is 1.69. The highest BCUT2D eigenvalue weighted by atomic mass is 32.2. The highest BCUT2D eigenvalue weighted by Gasteiger charge is 2.24. The molecule has 172 valence electrons. The van der Waals surface area contributed by atoms with Crippen LogP contribution in [0.15, 0.2) is 77.7 Å². The predicted octanol–water partition coefficient (Wildman–Crippen LogP) is 3.69. The first-order chi connectivity index (χ1) is 16.6. The van der Waals surface area contributed by atoms with Crippen LogP contribution in [-0.4, -0.2) is 51.3 Å². The van der Waals surface area contributed by atoms with Crippen molar-refractivity contribution in [3.63, 3.8) is 0 Å². The number of benzene rings is 3. The number of rotatable bonds is 9. The van der Waals surface area contributed by atoms with E-state index in [1.54, 1.807) is 41.7 Å². The molecule has 0 fully saturated rings. The molecule has 3 aromatic carbocycles. The molecule has 0 aliphatic carbocycles. The number of carboxylic acids is 1. The minimum Gasteiger partial charge on any atom is -0.496 e. The van der Waals surface area contributed by atoms with Gasteiger partial charge in [0.05, 0.1) is 18.4 Å². The van der Waals surface area contributed by atoms with Crippen LogP contribution >= 0.6 is 11.9 Å². The Morgan fingerprint density at radius 3 is 2.44 bits per heavy atom. The van der Waals surface area contributed by atoms with Crippen molar-refractivity contribution in [3.05, 3.63) is 78.4 Å². The lowest BCUT2D eigenvalue weighted by Gasteiger charge is -2.23. The van der Waals surface area contributed by atoms with Crippen molar-refractivity contribution in [1.29, 1.82) is 0 Å². The summed E-state index contributed by atoms with van der Waals surface area (Å²) in [6.07, 6.45) is 0. The van der Waals surface area contributed by atoms with E-state index in [0.717, 1.165) is 0 Å². The van der Waals surface area contributed by atoms with Gasteiger partial charge >= 0.3 is 5.97 Å². The molecule has 0 unspecified atom stereocenters. The molecule has 0 radical (unpaired) electrons. The van der Waals surface area contributed by atoms with Gasteiger partial charge in [0.15, 0.2) is 6.61 Å². The van der Waals surface area contributed by atoms with Gasteiger partial charge in [-0.3, -0.25) is 4.79 Å². The molecule has 11 heteroatoms. The molecule has 10 nitrogen and oxygen atoms in total. The maximum atomic E-state index is 13.6. The molecular formula is C23H19N5O5S. The highest BCUT2D eigenvalue weighted by molar-refractivity contribution is 8.01. The predicted molar refractivity (Wildman–Crippen MR) is 125 cm³/mol. The zero-order valence-electron chi connectivity index (χ0n) is 17.9. The fraction of sp³-hybridized carbons (Fsp3) is 0.0870. The number of nitrogens with zero attached hydrogens (tertiary/aromatic N) is 4. The second-order valence-electron chi connectivity index (χ2n) is 6.80. The number of aliphatic carboxylic acids is 1. The van der Waals surface area contributed by atoms with E-state index >= 15 is 0 Å². The van der Waals surface area contributed by atoms with Crippen molar-refractivity contribution < 1.29 is 24.2 Å². The molecule has 1 heterocycles. The average molecular weight is 478 g/mol. The van der Waals surface area contributed by atoms with Gasteiger partial charge in [-0.05, 0) is 65.7 Å². The summed E-state index contributed by atoms with van der Waals surface area (Å²) in [7, 11) is 1.54. The number of carbonyl (C=O) groups is 2. The number of anilines is 1. The van der Waals surface area contributed by atoms with Crippen LogP contribution in [0.3, 0.4) is 0 Å². The summed E-state index contributed by atoms with van der Waals surface area (Å²) in [5.74, 6) is -0.150. The first-order valence-corrected chi connectivity index (χ1v) is 10.8. The monoisotopic (exact) mass is 477 g/mol. The Kier molecular flexibility index (Phi) is 7.04. The van der Waals surface area contributed by atoms with Crippen LogP contribution in [0.5, 0.6) is 11.5 Å². The quantitative estimate of drug-likeness (QED) is 0.347. The van der Waals surface area contributed by atoms with E-state index in [1.165, 1.54) is 11.9 Å². The van der Waals surface area contributed by atoms with Gasteiger partial charge in [0.25, 0.3) is 5.91 Å².